The van der Waals surface area contributed by atoms with Crippen LogP contribution < -0.4 is 4.72 Å². The lowest BCUT2D eigenvalue weighted by atomic mass is 10.2. The maximum atomic E-state index is 11.9. The van der Waals surface area contributed by atoms with Crippen LogP contribution in [0.1, 0.15) is 23.2 Å². The SMILES string of the molecule is O=S(=O)(CC1CCCO1)NCC(Br)c1ccccc1. The Hall–Kier alpha value is -0.430. The number of hydrogen-bond donors (Lipinski definition) is 1. The third kappa shape index (κ3) is 4.87. The Balaban J connectivity index is 1.83. The van der Waals surface area contributed by atoms with Crippen LogP contribution in [0.3, 0.4) is 0 Å². The molecule has 0 aliphatic carbocycles. The zero-order chi connectivity index (χ0) is 13.7. The van der Waals surface area contributed by atoms with Crippen molar-refractivity contribution in [2.24, 2.45) is 0 Å². The highest BCUT2D eigenvalue weighted by Crippen LogP contribution is 2.21. The molecule has 0 amide bonds. The number of rotatable bonds is 6. The van der Waals surface area contributed by atoms with Crippen LogP contribution in [-0.4, -0.2) is 33.4 Å². The molecular formula is C13H18BrNO3S. The summed E-state index contributed by atoms with van der Waals surface area (Å²) in [6.07, 6.45) is 1.63. The Morgan fingerprint density at radius 2 is 2.11 bits per heavy atom. The molecule has 1 aliphatic rings. The monoisotopic (exact) mass is 347 g/mol. The van der Waals surface area contributed by atoms with Gasteiger partial charge in [0.2, 0.25) is 10.0 Å². The first kappa shape index (κ1) is 15.0. The fraction of sp³-hybridized carbons (Fsp3) is 0.538. The topological polar surface area (TPSA) is 55.4 Å². The van der Waals surface area contributed by atoms with Gasteiger partial charge < -0.3 is 4.74 Å². The number of sulfonamides is 1. The van der Waals surface area contributed by atoms with Gasteiger partial charge in [-0.05, 0) is 18.4 Å². The molecule has 106 valence electrons. The molecule has 0 spiro atoms. The first-order valence-corrected chi connectivity index (χ1v) is 8.91. The minimum Gasteiger partial charge on any atom is -0.377 e. The van der Waals surface area contributed by atoms with Crippen LogP contribution in [0, 0.1) is 0 Å². The molecular weight excluding hydrogens is 330 g/mol. The molecule has 0 aromatic heterocycles. The van der Waals surface area contributed by atoms with E-state index in [-0.39, 0.29) is 16.7 Å². The molecule has 1 aromatic carbocycles. The van der Waals surface area contributed by atoms with Crippen LogP contribution in [0.2, 0.25) is 0 Å². The minimum atomic E-state index is -3.27. The molecule has 0 radical (unpaired) electrons. The zero-order valence-corrected chi connectivity index (χ0v) is 13.0. The molecule has 2 rings (SSSR count). The minimum absolute atomic E-state index is 0.0204. The zero-order valence-electron chi connectivity index (χ0n) is 10.6. The summed E-state index contributed by atoms with van der Waals surface area (Å²) >= 11 is 3.49. The van der Waals surface area contributed by atoms with Crippen LogP contribution >= 0.6 is 15.9 Å². The predicted octanol–water partition coefficient (Wildman–Crippen LogP) is 2.22. The van der Waals surface area contributed by atoms with E-state index in [0.717, 1.165) is 18.4 Å². The third-order valence-electron chi connectivity index (χ3n) is 3.07. The van der Waals surface area contributed by atoms with Crippen molar-refractivity contribution >= 4 is 26.0 Å². The molecule has 4 nitrogen and oxygen atoms in total. The van der Waals surface area contributed by atoms with Gasteiger partial charge in [-0.3, -0.25) is 0 Å². The Kier molecular flexibility index (Phi) is 5.38. The fourth-order valence-electron chi connectivity index (χ4n) is 2.06. The summed E-state index contributed by atoms with van der Waals surface area (Å²) in [4.78, 5) is -0.0204. The lowest BCUT2D eigenvalue weighted by Crippen LogP contribution is -2.33. The Labute approximate surface area is 122 Å². The lowest BCUT2D eigenvalue weighted by Gasteiger charge is -2.14. The molecule has 1 heterocycles. The Morgan fingerprint density at radius 3 is 2.74 bits per heavy atom. The van der Waals surface area contributed by atoms with Crippen molar-refractivity contribution in [1.82, 2.24) is 4.72 Å². The summed E-state index contributed by atoms with van der Waals surface area (Å²) in [6, 6.07) is 9.74. The van der Waals surface area contributed by atoms with Crippen molar-refractivity contribution in [3.05, 3.63) is 35.9 Å². The van der Waals surface area contributed by atoms with Crippen molar-refractivity contribution < 1.29 is 13.2 Å². The quantitative estimate of drug-likeness (QED) is 0.802. The molecule has 1 fully saturated rings. The van der Waals surface area contributed by atoms with Gasteiger partial charge in [0.1, 0.15) is 0 Å². The molecule has 2 atom stereocenters. The highest BCUT2D eigenvalue weighted by Gasteiger charge is 2.23. The number of halogens is 1. The molecule has 6 heteroatoms. The van der Waals surface area contributed by atoms with E-state index in [1.54, 1.807) is 0 Å². The van der Waals surface area contributed by atoms with Gasteiger partial charge in [-0.15, -0.1) is 0 Å². The second-order valence-corrected chi connectivity index (χ2v) is 7.60. The van der Waals surface area contributed by atoms with E-state index in [0.29, 0.717) is 13.2 Å². The Morgan fingerprint density at radius 1 is 1.37 bits per heavy atom. The van der Waals surface area contributed by atoms with E-state index in [2.05, 4.69) is 20.7 Å². The molecule has 1 saturated heterocycles. The summed E-state index contributed by atoms with van der Waals surface area (Å²) in [5, 5.41) is 0. The third-order valence-corrected chi connectivity index (χ3v) is 5.34. The van der Waals surface area contributed by atoms with Gasteiger partial charge in [-0.25, -0.2) is 13.1 Å². The predicted molar refractivity (Wildman–Crippen MR) is 78.9 cm³/mol. The molecule has 1 aromatic rings. The number of ether oxygens (including phenoxy) is 1. The van der Waals surface area contributed by atoms with E-state index in [4.69, 9.17) is 4.74 Å². The molecule has 1 aliphatic heterocycles. The summed E-state index contributed by atoms with van der Waals surface area (Å²) in [7, 11) is -3.27. The van der Waals surface area contributed by atoms with Gasteiger partial charge in [0, 0.05) is 13.2 Å². The summed E-state index contributed by atoms with van der Waals surface area (Å²) < 4.78 is 31.8. The molecule has 19 heavy (non-hydrogen) atoms. The standard InChI is InChI=1S/C13H18BrNO3S/c14-13(11-5-2-1-3-6-11)9-15-19(16,17)10-12-7-4-8-18-12/h1-3,5-6,12-13,15H,4,7-10H2. The van der Waals surface area contributed by atoms with E-state index in [1.807, 2.05) is 30.3 Å². The van der Waals surface area contributed by atoms with Crippen molar-refractivity contribution in [3.8, 4) is 0 Å². The second-order valence-electron chi connectivity index (χ2n) is 4.64. The van der Waals surface area contributed by atoms with Crippen LogP contribution in [0.4, 0.5) is 0 Å². The van der Waals surface area contributed by atoms with Gasteiger partial charge in [0.15, 0.2) is 0 Å². The van der Waals surface area contributed by atoms with Gasteiger partial charge in [-0.2, -0.15) is 0 Å². The molecule has 0 saturated carbocycles. The summed E-state index contributed by atoms with van der Waals surface area (Å²) in [5.74, 6) is 0.0571. The molecule has 1 N–H and O–H groups in total. The molecule has 0 bridgehead atoms. The fourth-order valence-corrected chi connectivity index (χ4v) is 4.03. The Bertz CT molecular complexity index is 486. The number of benzene rings is 1. The van der Waals surface area contributed by atoms with Crippen LogP contribution in [0.5, 0.6) is 0 Å². The number of hydrogen-bond acceptors (Lipinski definition) is 3. The largest absolute Gasteiger partial charge is 0.377 e. The van der Waals surface area contributed by atoms with Crippen molar-refractivity contribution in [2.45, 2.75) is 23.8 Å². The van der Waals surface area contributed by atoms with Crippen LogP contribution in [-0.2, 0) is 14.8 Å². The lowest BCUT2D eigenvalue weighted by molar-refractivity contribution is 0.127. The smallest absolute Gasteiger partial charge is 0.214 e. The van der Waals surface area contributed by atoms with Crippen molar-refractivity contribution in [1.29, 1.82) is 0 Å². The first-order valence-electron chi connectivity index (χ1n) is 6.35. The van der Waals surface area contributed by atoms with Crippen molar-refractivity contribution in [3.63, 3.8) is 0 Å². The second kappa shape index (κ2) is 6.83. The van der Waals surface area contributed by atoms with E-state index >= 15 is 0 Å². The first-order chi connectivity index (χ1) is 9.07. The highest BCUT2D eigenvalue weighted by molar-refractivity contribution is 9.09. The van der Waals surface area contributed by atoms with E-state index in [1.165, 1.54) is 0 Å². The van der Waals surface area contributed by atoms with Gasteiger partial charge >= 0.3 is 0 Å². The number of nitrogens with one attached hydrogen (secondary N) is 1. The highest BCUT2D eigenvalue weighted by atomic mass is 79.9. The van der Waals surface area contributed by atoms with Gasteiger partial charge in [0.05, 0.1) is 16.7 Å². The average molecular weight is 348 g/mol. The number of alkyl halides is 1. The normalized spacial score (nSPS) is 21.4. The maximum Gasteiger partial charge on any atom is 0.214 e. The average Bonchev–Trinajstić information content (AvgIpc) is 2.89. The maximum absolute atomic E-state index is 11.9. The van der Waals surface area contributed by atoms with Crippen molar-refractivity contribution in [2.75, 3.05) is 18.9 Å². The molecule has 2 unspecified atom stereocenters. The van der Waals surface area contributed by atoms with E-state index in [9.17, 15) is 8.42 Å². The summed E-state index contributed by atoms with van der Waals surface area (Å²) in [5.41, 5.74) is 1.06. The van der Waals surface area contributed by atoms with Crippen LogP contribution in [0.25, 0.3) is 0 Å². The summed E-state index contributed by atoms with van der Waals surface area (Å²) in [6.45, 7) is 1.02. The van der Waals surface area contributed by atoms with Gasteiger partial charge in [-0.1, -0.05) is 46.3 Å². The van der Waals surface area contributed by atoms with E-state index < -0.39 is 10.0 Å². The van der Waals surface area contributed by atoms with Gasteiger partial charge in [0.25, 0.3) is 0 Å². The van der Waals surface area contributed by atoms with Crippen LogP contribution in [0.15, 0.2) is 30.3 Å².